The number of aryl methyl sites for hydroxylation is 3. The van der Waals surface area contributed by atoms with Crippen LogP contribution in [0.25, 0.3) is 0 Å². The lowest BCUT2D eigenvalue weighted by Crippen LogP contribution is -2.26. The van der Waals surface area contributed by atoms with E-state index in [0.29, 0.717) is 6.04 Å². The fraction of sp³-hybridized carbons (Fsp3) is 0.444. The van der Waals surface area contributed by atoms with Gasteiger partial charge in [-0.1, -0.05) is 18.2 Å². The van der Waals surface area contributed by atoms with E-state index in [0.717, 1.165) is 25.1 Å². The van der Waals surface area contributed by atoms with Gasteiger partial charge in [-0.2, -0.15) is 0 Å². The summed E-state index contributed by atoms with van der Waals surface area (Å²) >= 11 is 0. The largest absolute Gasteiger partial charge is 0.469 e. The molecule has 0 radical (unpaired) electrons. The van der Waals surface area contributed by atoms with E-state index in [4.69, 9.17) is 4.42 Å². The Hall–Kier alpha value is -1.54. The summed E-state index contributed by atoms with van der Waals surface area (Å²) in [7, 11) is 0. The normalized spacial score (nSPS) is 15.2. The van der Waals surface area contributed by atoms with E-state index in [9.17, 15) is 0 Å². The number of fused-ring (bicyclic) bond motifs is 1. The first-order valence-electron chi connectivity index (χ1n) is 7.68. The van der Waals surface area contributed by atoms with Crippen molar-refractivity contribution < 1.29 is 4.42 Å². The van der Waals surface area contributed by atoms with Crippen molar-refractivity contribution in [1.82, 2.24) is 5.32 Å². The highest BCUT2D eigenvalue weighted by Gasteiger charge is 2.11. The molecular weight excluding hydrogens is 246 g/mol. The van der Waals surface area contributed by atoms with Crippen LogP contribution in [0.4, 0.5) is 0 Å². The van der Waals surface area contributed by atoms with Gasteiger partial charge in [-0.05, 0) is 61.4 Å². The third-order valence-electron chi connectivity index (χ3n) is 4.22. The topological polar surface area (TPSA) is 25.2 Å². The van der Waals surface area contributed by atoms with E-state index in [1.807, 2.05) is 12.1 Å². The molecule has 1 heterocycles. The molecule has 0 saturated carbocycles. The Labute approximate surface area is 121 Å². The zero-order chi connectivity index (χ0) is 13.8. The van der Waals surface area contributed by atoms with Gasteiger partial charge in [0.05, 0.1) is 6.26 Å². The Bertz CT molecular complexity index is 545. The van der Waals surface area contributed by atoms with E-state index >= 15 is 0 Å². The van der Waals surface area contributed by atoms with E-state index in [1.54, 1.807) is 17.4 Å². The van der Waals surface area contributed by atoms with Gasteiger partial charge in [0.2, 0.25) is 0 Å². The highest BCUT2D eigenvalue weighted by atomic mass is 16.3. The lowest BCUT2D eigenvalue weighted by Gasteiger charge is -2.13. The minimum Gasteiger partial charge on any atom is -0.469 e. The number of benzene rings is 1. The first-order valence-corrected chi connectivity index (χ1v) is 7.68. The summed E-state index contributed by atoms with van der Waals surface area (Å²) in [5.41, 5.74) is 4.53. The summed E-state index contributed by atoms with van der Waals surface area (Å²) in [5, 5.41) is 3.61. The molecule has 2 heteroatoms. The van der Waals surface area contributed by atoms with Crippen molar-refractivity contribution in [3.8, 4) is 0 Å². The van der Waals surface area contributed by atoms with Crippen molar-refractivity contribution in [3.05, 3.63) is 59.0 Å². The van der Waals surface area contributed by atoms with Gasteiger partial charge >= 0.3 is 0 Å². The number of rotatable bonds is 6. The van der Waals surface area contributed by atoms with Gasteiger partial charge in [-0.25, -0.2) is 0 Å². The first kappa shape index (κ1) is 13.4. The van der Waals surface area contributed by atoms with Crippen LogP contribution in [-0.4, -0.2) is 6.04 Å². The van der Waals surface area contributed by atoms with Crippen LogP contribution in [0.1, 0.15) is 42.2 Å². The Morgan fingerprint density at radius 1 is 1.20 bits per heavy atom. The van der Waals surface area contributed by atoms with Gasteiger partial charge in [-0.15, -0.1) is 0 Å². The summed E-state index contributed by atoms with van der Waals surface area (Å²) in [6.07, 6.45) is 7.72. The SMILES string of the molecule is CC(CCc1ccco1)NCc1ccc2c(c1)CCC2. The molecule has 2 aromatic rings. The summed E-state index contributed by atoms with van der Waals surface area (Å²) in [6, 6.07) is 11.5. The van der Waals surface area contributed by atoms with Crippen LogP contribution in [-0.2, 0) is 25.8 Å². The van der Waals surface area contributed by atoms with Crippen LogP contribution in [0, 0.1) is 0 Å². The molecule has 1 aliphatic carbocycles. The third-order valence-corrected chi connectivity index (χ3v) is 4.22. The van der Waals surface area contributed by atoms with Gasteiger partial charge < -0.3 is 9.73 Å². The number of hydrogen-bond acceptors (Lipinski definition) is 2. The van der Waals surface area contributed by atoms with Crippen molar-refractivity contribution in [3.63, 3.8) is 0 Å². The molecule has 0 saturated heterocycles. The van der Waals surface area contributed by atoms with Crippen molar-refractivity contribution in [2.75, 3.05) is 0 Å². The average Bonchev–Trinajstić information content (AvgIpc) is 3.13. The molecule has 1 atom stereocenters. The molecule has 0 fully saturated rings. The van der Waals surface area contributed by atoms with Crippen LogP contribution in [0.2, 0.25) is 0 Å². The smallest absolute Gasteiger partial charge is 0.103 e. The molecule has 2 nitrogen and oxygen atoms in total. The molecule has 0 spiro atoms. The predicted molar refractivity (Wildman–Crippen MR) is 81.8 cm³/mol. The van der Waals surface area contributed by atoms with Gasteiger partial charge in [0, 0.05) is 19.0 Å². The second kappa shape index (κ2) is 6.27. The quantitative estimate of drug-likeness (QED) is 0.861. The minimum atomic E-state index is 0.508. The third kappa shape index (κ3) is 3.31. The van der Waals surface area contributed by atoms with Crippen molar-refractivity contribution >= 4 is 0 Å². The first-order chi connectivity index (χ1) is 9.81. The van der Waals surface area contributed by atoms with E-state index in [-0.39, 0.29) is 0 Å². The van der Waals surface area contributed by atoms with Gasteiger partial charge in [0.1, 0.15) is 5.76 Å². The molecule has 106 valence electrons. The molecule has 1 aromatic heterocycles. The second-order valence-electron chi connectivity index (χ2n) is 5.86. The molecule has 0 amide bonds. The molecule has 0 bridgehead atoms. The molecule has 1 aliphatic rings. The molecular formula is C18H23NO. The zero-order valence-corrected chi connectivity index (χ0v) is 12.2. The molecule has 3 rings (SSSR count). The maximum Gasteiger partial charge on any atom is 0.103 e. The van der Waals surface area contributed by atoms with Gasteiger partial charge in [0.15, 0.2) is 0 Å². The number of nitrogens with one attached hydrogen (secondary N) is 1. The lowest BCUT2D eigenvalue weighted by molar-refractivity contribution is 0.460. The van der Waals surface area contributed by atoms with Gasteiger partial charge in [0.25, 0.3) is 0 Å². The van der Waals surface area contributed by atoms with E-state index < -0.39 is 0 Å². The van der Waals surface area contributed by atoms with Crippen molar-refractivity contribution in [1.29, 1.82) is 0 Å². The van der Waals surface area contributed by atoms with Crippen LogP contribution in [0.5, 0.6) is 0 Å². The minimum absolute atomic E-state index is 0.508. The Morgan fingerprint density at radius 2 is 2.10 bits per heavy atom. The van der Waals surface area contributed by atoms with Crippen molar-refractivity contribution in [2.45, 2.75) is 51.6 Å². The molecule has 20 heavy (non-hydrogen) atoms. The molecule has 1 aromatic carbocycles. The van der Waals surface area contributed by atoms with Gasteiger partial charge in [-0.3, -0.25) is 0 Å². The molecule has 1 unspecified atom stereocenters. The highest BCUT2D eigenvalue weighted by molar-refractivity contribution is 5.35. The number of furan rings is 1. The fourth-order valence-electron chi connectivity index (χ4n) is 2.94. The van der Waals surface area contributed by atoms with Crippen molar-refractivity contribution in [2.24, 2.45) is 0 Å². The maximum absolute atomic E-state index is 5.37. The standard InChI is InChI=1S/C18H23NO/c1-14(7-10-18-6-3-11-20-18)19-13-15-8-9-16-4-2-5-17(16)12-15/h3,6,8-9,11-12,14,19H,2,4-5,7,10,13H2,1H3. The molecule has 1 N–H and O–H groups in total. The Kier molecular flexibility index (Phi) is 4.22. The summed E-state index contributed by atoms with van der Waals surface area (Å²) in [5.74, 6) is 1.08. The average molecular weight is 269 g/mol. The molecule has 0 aliphatic heterocycles. The lowest BCUT2D eigenvalue weighted by atomic mass is 10.1. The summed E-state index contributed by atoms with van der Waals surface area (Å²) in [4.78, 5) is 0. The monoisotopic (exact) mass is 269 g/mol. The van der Waals surface area contributed by atoms with E-state index in [2.05, 4.69) is 30.4 Å². The second-order valence-corrected chi connectivity index (χ2v) is 5.86. The summed E-state index contributed by atoms with van der Waals surface area (Å²) < 4.78 is 5.37. The fourth-order valence-corrected chi connectivity index (χ4v) is 2.94. The maximum atomic E-state index is 5.37. The van der Waals surface area contributed by atoms with Crippen LogP contribution < -0.4 is 5.32 Å². The van der Waals surface area contributed by atoms with Crippen LogP contribution in [0.15, 0.2) is 41.0 Å². The Morgan fingerprint density at radius 3 is 2.95 bits per heavy atom. The zero-order valence-electron chi connectivity index (χ0n) is 12.2. The predicted octanol–water partition coefficient (Wildman–Crippen LogP) is 3.88. The number of hydrogen-bond donors (Lipinski definition) is 1. The Balaban J connectivity index is 1.46. The van der Waals surface area contributed by atoms with Crippen LogP contribution in [0.3, 0.4) is 0 Å². The highest BCUT2D eigenvalue weighted by Crippen LogP contribution is 2.22. The van der Waals surface area contributed by atoms with Crippen LogP contribution >= 0.6 is 0 Å². The summed E-state index contributed by atoms with van der Waals surface area (Å²) in [6.45, 7) is 3.21. The van der Waals surface area contributed by atoms with E-state index in [1.165, 1.54) is 24.8 Å².